The molecule has 104 valence electrons. The number of oxazole rings is 1. The molecule has 5 nitrogen and oxygen atoms in total. The van der Waals surface area contributed by atoms with Crippen molar-refractivity contribution in [1.29, 1.82) is 0 Å². The number of alkyl halides is 1. The fourth-order valence-electron chi connectivity index (χ4n) is 2.21. The summed E-state index contributed by atoms with van der Waals surface area (Å²) in [5.74, 6) is 2.30. The SMILES string of the molecule is Cc1nc(Cn2c(C(C)Cl)nc3cnccc32)oc1C. The molecule has 0 aliphatic heterocycles. The summed E-state index contributed by atoms with van der Waals surface area (Å²) in [7, 11) is 0. The van der Waals surface area contributed by atoms with Gasteiger partial charge in [-0.2, -0.15) is 0 Å². The molecule has 0 fully saturated rings. The van der Waals surface area contributed by atoms with Crippen LogP contribution >= 0.6 is 11.6 Å². The number of nitrogens with zero attached hydrogens (tertiary/aromatic N) is 4. The van der Waals surface area contributed by atoms with Gasteiger partial charge in [0, 0.05) is 6.20 Å². The van der Waals surface area contributed by atoms with Crippen molar-refractivity contribution in [3.63, 3.8) is 0 Å². The van der Waals surface area contributed by atoms with Gasteiger partial charge in [-0.25, -0.2) is 9.97 Å². The Morgan fingerprint density at radius 2 is 2.15 bits per heavy atom. The van der Waals surface area contributed by atoms with Gasteiger partial charge in [-0.1, -0.05) is 0 Å². The molecule has 3 rings (SSSR count). The largest absolute Gasteiger partial charge is 0.444 e. The normalized spacial score (nSPS) is 13.0. The van der Waals surface area contributed by atoms with Crippen LogP contribution in [0, 0.1) is 13.8 Å². The molecule has 1 unspecified atom stereocenters. The molecule has 0 amide bonds. The number of rotatable bonds is 3. The van der Waals surface area contributed by atoms with Crippen LogP contribution in [0.4, 0.5) is 0 Å². The molecule has 0 saturated carbocycles. The van der Waals surface area contributed by atoms with E-state index in [0.29, 0.717) is 12.4 Å². The van der Waals surface area contributed by atoms with Crippen LogP contribution in [0.5, 0.6) is 0 Å². The number of pyridine rings is 1. The second kappa shape index (κ2) is 4.90. The third kappa shape index (κ3) is 2.18. The molecule has 3 heterocycles. The van der Waals surface area contributed by atoms with Gasteiger partial charge in [-0.05, 0) is 26.8 Å². The fourth-order valence-corrected chi connectivity index (χ4v) is 2.38. The Hall–Kier alpha value is -1.88. The van der Waals surface area contributed by atoms with Gasteiger partial charge < -0.3 is 8.98 Å². The van der Waals surface area contributed by atoms with Crippen molar-refractivity contribution in [2.45, 2.75) is 32.7 Å². The highest BCUT2D eigenvalue weighted by Gasteiger charge is 2.17. The van der Waals surface area contributed by atoms with Crippen LogP contribution in [0.1, 0.15) is 35.5 Å². The number of aromatic nitrogens is 4. The maximum Gasteiger partial charge on any atom is 0.214 e. The van der Waals surface area contributed by atoms with Crippen molar-refractivity contribution in [2.24, 2.45) is 0 Å². The molecule has 3 aromatic rings. The molecule has 0 N–H and O–H groups in total. The van der Waals surface area contributed by atoms with E-state index >= 15 is 0 Å². The first-order valence-corrected chi connectivity index (χ1v) is 6.87. The van der Waals surface area contributed by atoms with Crippen LogP contribution < -0.4 is 0 Å². The number of imidazole rings is 1. The second-order valence-electron chi connectivity index (χ2n) is 4.79. The average Bonchev–Trinajstić information content (AvgIpc) is 2.92. The van der Waals surface area contributed by atoms with E-state index in [1.165, 1.54) is 0 Å². The Labute approximate surface area is 121 Å². The summed E-state index contributed by atoms with van der Waals surface area (Å²) < 4.78 is 7.68. The first-order valence-electron chi connectivity index (χ1n) is 6.43. The highest BCUT2D eigenvalue weighted by molar-refractivity contribution is 6.20. The lowest BCUT2D eigenvalue weighted by Crippen LogP contribution is -2.06. The van der Waals surface area contributed by atoms with E-state index in [-0.39, 0.29) is 5.38 Å². The molecule has 0 saturated heterocycles. The minimum absolute atomic E-state index is 0.195. The first kappa shape index (κ1) is 13.1. The molecule has 0 spiro atoms. The summed E-state index contributed by atoms with van der Waals surface area (Å²) >= 11 is 6.23. The van der Waals surface area contributed by atoms with Crippen LogP contribution in [0.15, 0.2) is 22.9 Å². The van der Waals surface area contributed by atoms with Gasteiger partial charge in [-0.3, -0.25) is 4.98 Å². The minimum atomic E-state index is -0.195. The molecule has 0 aliphatic carbocycles. The Morgan fingerprint density at radius 3 is 2.80 bits per heavy atom. The van der Waals surface area contributed by atoms with Crippen molar-refractivity contribution in [2.75, 3.05) is 0 Å². The molecule has 1 atom stereocenters. The topological polar surface area (TPSA) is 56.7 Å². The number of hydrogen-bond acceptors (Lipinski definition) is 4. The van der Waals surface area contributed by atoms with E-state index < -0.39 is 0 Å². The number of aryl methyl sites for hydroxylation is 2. The van der Waals surface area contributed by atoms with Crippen molar-refractivity contribution >= 4 is 22.6 Å². The summed E-state index contributed by atoms with van der Waals surface area (Å²) in [6.07, 6.45) is 3.48. The van der Waals surface area contributed by atoms with Crippen LogP contribution in [0.3, 0.4) is 0 Å². The van der Waals surface area contributed by atoms with Gasteiger partial charge in [0.05, 0.1) is 22.8 Å². The molecule has 0 bridgehead atoms. The minimum Gasteiger partial charge on any atom is -0.444 e. The van der Waals surface area contributed by atoms with Crippen LogP contribution in [-0.4, -0.2) is 19.5 Å². The fraction of sp³-hybridized carbons (Fsp3) is 0.357. The lowest BCUT2D eigenvalue weighted by Gasteiger charge is -2.08. The molecule has 20 heavy (non-hydrogen) atoms. The Kier molecular flexibility index (Phi) is 3.22. The summed E-state index contributed by atoms with van der Waals surface area (Å²) in [4.78, 5) is 13.0. The van der Waals surface area contributed by atoms with Crippen molar-refractivity contribution < 1.29 is 4.42 Å². The Morgan fingerprint density at radius 1 is 1.35 bits per heavy atom. The van der Waals surface area contributed by atoms with Crippen molar-refractivity contribution in [3.8, 4) is 0 Å². The summed E-state index contributed by atoms with van der Waals surface area (Å²) in [5.41, 5.74) is 2.72. The van der Waals surface area contributed by atoms with Gasteiger partial charge in [-0.15, -0.1) is 11.6 Å². The standard InChI is InChI=1S/C14H15ClN4O/c1-8(15)14-18-11-6-16-5-4-12(11)19(14)7-13-17-9(2)10(3)20-13/h4-6,8H,7H2,1-3H3. The van der Waals surface area contributed by atoms with Gasteiger partial charge in [0.25, 0.3) is 0 Å². The van der Waals surface area contributed by atoms with E-state index in [0.717, 1.165) is 28.3 Å². The highest BCUT2D eigenvalue weighted by Crippen LogP contribution is 2.25. The van der Waals surface area contributed by atoms with E-state index in [9.17, 15) is 0 Å². The summed E-state index contributed by atoms with van der Waals surface area (Å²) in [5, 5.41) is -0.195. The monoisotopic (exact) mass is 290 g/mol. The lowest BCUT2D eigenvalue weighted by molar-refractivity contribution is 0.456. The second-order valence-corrected chi connectivity index (χ2v) is 5.44. The van der Waals surface area contributed by atoms with Gasteiger partial charge in [0.2, 0.25) is 5.89 Å². The zero-order valence-corrected chi connectivity index (χ0v) is 12.3. The lowest BCUT2D eigenvalue weighted by atomic mass is 10.4. The molecular formula is C14H15ClN4O. The van der Waals surface area contributed by atoms with Gasteiger partial charge in [0.1, 0.15) is 23.6 Å². The van der Waals surface area contributed by atoms with Crippen molar-refractivity contribution in [3.05, 3.63) is 41.6 Å². The zero-order chi connectivity index (χ0) is 14.3. The third-order valence-corrected chi connectivity index (χ3v) is 3.50. The number of hydrogen-bond donors (Lipinski definition) is 0. The maximum absolute atomic E-state index is 6.23. The molecular weight excluding hydrogens is 276 g/mol. The van der Waals surface area contributed by atoms with Gasteiger partial charge >= 0.3 is 0 Å². The van der Waals surface area contributed by atoms with Crippen LogP contribution in [0.25, 0.3) is 11.0 Å². The smallest absolute Gasteiger partial charge is 0.214 e. The van der Waals surface area contributed by atoms with Crippen LogP contribution in [0.2, 0.25) is 0 Å². The molecule has 6 heteroatoms. The Balaban J connectivity index is 2.11. The molecule has 0 aliphatic rings. The van der Waals surface area contributed by atoms with Crippen molar-refractivity contribution in [1.82, 2.24) is 19.5 Å². The van der Waals surface area contributed by atoms with E-state index in [1.54, 1.807) is 12.4 Å². The molecule has 0 aromatic carbocycles. The number of fused-ring (bicyclic) bond motifs is 1. The third-order valence-electron chi connectivity index (χ3n) is 3.30. The van der Waals surface area contributed by atoms with E-state index in [4.69, 9.17) is 16.0 Å². The molecule has 0 radical (unpaired) electrons. The summed E-state index contributed by atoms with van der Waals surface area (Å²) in [6, 6.07) is 1.92. The zero-order valence-electron chi connectivity index (χ0n) is 11.6. The highest BCUT2D eigenvalue weighted by atomic mass is 35.5. The average molecular weight is 291 g/mol. The Bertz CT molecular complexity index is 740. The van der Waals surface area contributed by atoms with Gasteiger partial charge in [0.15, 0.2) is 0 Å². The maximum atomic E-state index is 6.23. The van der Waals surface area contributed by atoms with E-state index in [2.05, 4.69) is 15.0 Å². The number of halogens is 1. The predicted octanol–water partition coefficient (Wildman–Crippen LogP) is 3.38. The molecule has 3 aromatic heterocycles. The quantitative estimate of drug-likeness (QED) is 0.694. The summed E-state index contributed by atoms with van der Waals surface area (Å²) in [6.45, 7) is 6.26. The van der Waals surface area contributed by atoms with Crippen LogP contribution in [-0.2, 0) is 6.54 Å². The predicted molar refractivity (Wildman–Crippen MR) is 76.9 cm³/mol. The van der Waals surface area contributed by atoms with E-state index in [1.807, 2.05) is 31.4 Å². The first-order chi connectivity index (χ1) is 9.56.